The van der Waals surface area contributed by atoms with E-state index >= 15 is 0 Å². The first-order chi connectivity index (χ1) is 11.6. The average Bonchev–Trinajstić information content (AvgIpc) is 2.99. The van der Waals surface area contributed by atoms with E-state index in [2.05, 4.69) is 33.4 Å². The van der Waals surface area contributed by atoms with Crippen molar-refractivity contribution in [2.45, 2.75) is 25.0 Å². The van der Waals surface area contributed by atoms with E-state index < -0.39 is 0 Å². The third-order valence-electron chi connectivity index (χ3n) is 3.32. The van der Waals surface area contributed by atoms with E-state index in [1.807, 2.05) is 30.3 Å². The lowest BCUT2D eigenvalue weighted by molar-refractivity contribution is -0.125. The van der Waals surface area contributed by atoms with Crippen LogP contribution in [0, 0.1) is 0 Å². The Labute approximate surface area is 159 Å². The quantitative estimate of drug-likeness (QED) is 0.571. The average molecular weight is 426 g/mol. The predicted molar refractivity (Wildman–Crippen MR) is 106 cm³/mol. The van der Waals surface area contributed by atoms with E-state index in [0.717, 1.165) is 20.9 Å². The molecule has 0 aliphatic heterocycles. The number of ketones is 1. The third kappa shape index (κ3) is 7.64. The predicted octanol–water partition coefficient (Wildman–Crippen LogP) is 4.45. The number of halogens is 1. The number of rotatable bonds is 10. The number of thiophene rings is 1. The van der Waals surface area contributed by atoms with Crippen LogP contribution < -0.4 is 5.32 Å². The Morgan fingerprint density at radius 2 is 1.88 bits per heavy atom. The number of amides is 1. The topological polar surface area (TPSA) is 46.2 Å². The molecular formula is C18H20BrNO2S2. The maximum Gasteiger partial charge on any atom is 0.220 e. The Kier molecular flexibility index (Phi) is 8.56. The molecule has 0 aliphatic carbocycles. The van der Waals surface area contributed by atoms with Crippen molar-refractivity contribution in [3.05, 3.63) is 56.7 Å². The highest BCUT2D eigenvalue weighted by atomic mass is 79.9. The molecule has 0 atom stereocenters. The molecule has 128 valence electrons. The largest absolute Gasteiger partial charge is 0.355 e. The number of carbonyl (C=O) groups excluding carboxylic acids is 2. The van der Waals surface area contributed by atoms with Crippen LogP contribution in [0.2, 0.25) is 0 Å². The molecule has 0 saturated heterocycles. The molecule has 0 fully saturated rings. The molecule has 1 amide bonds. The number of hydrogen-bond donors (Lipinski definition) is 1. The van der Waals surface area contributed by atoms with Crippen molar-refractivity contribution in [3.8, 4) is 0 Å². The standard InChI is InChI=1S/C18H20BrNO2S2/c19-17-8-7-16(24-17)13-23-11-10-20-18(22)9-6-15(21)12-14-4-2-1-3-5-14/h1-5,7-8H,6,9-13H2,(H,20,22). The summed E-state index contributed by atoms with van der Waals surface area (Å²) < 4.78 is 1.14. The van der Waals surface area contributed by atoms with Gasteiger partial charge in [0.2, 0.25) is 5.91 Å². The molecule has 0 aliphatic rings. The highest BCUT2D eigenvalue weighted by molar-refractivity contribution is 9.11. The Morgan fingerprint density at radius 3 is 2.58 bits per heavy atom. The molecule has 6 heteroatoms. The van der Waals surface area contributed by atoms with Crippen LogP contribution in [0.4, 0.5) is 0 Å². The number of nitrogens with one attached hydrogen (secondary N) is 1. The normalized spacial score (nSPS) is 10.5. The molecule has 24 heavy (non-hydrogen) atoms. The van der Waals surface area contributed by atoms with Crippen LogP contribution in [0.15, 0.2) is 46.3 Å². The van der Waals surface area contributed by atoms with Gasteiger partial charge in [0.05, 0.1) is 3.79 Å². The van der Waals surface area contributed by atoms with Gasteiger partial charge in [-0.3, -0.25) is 9.59 Å². The molecule has 0 bridgehead atoms. The van der Waals surface area contributed by atoms with E-state index in [1.165, 1.54) is 4.88 Å². The first-order valence-electron chi connectivity index (χ1n) is 7.78. The minimum atomic E-state index is -0.0455. The van der Waals surface area contributed by atoms with Gasteiger partial charge >= 0.3 is 0 Å². The van der Waals surface area contributed by atoms with Crippen LogP contribution in [0.25, 0.3) is 0 Å². The Bertz CT molecular complexity index is 658. The van der Waals surface area contributed by atoms with Gasteiger partial charge in [-0.05, 0) is 33.6 Å². The highest BCUT2D eigenvalue weighted by Crippen LogP contribution is 2.25. The lowest BCUT2D eigenvalue weighted by atomic mass is 10.1. The first-order valence-corrected chi connectivity index (χ1v) is 10.5. The SMILES string of the molecule is O=C(CCC(=O)NCCSCc1ccc(Br)s1)Cc1ccccc1. The second-order valence-electron chi connectivity index (χ2n) is 5.31. The second kappa shape index (κ2) is 10.7. The first kappa shape index (κ1) is 19.2. The van der Waals surface area contributed by atoms with Crippen LogP contribution in [0.5, 0.6) is 0 Å². The van der Waals surface area contributed by atoms with Gasteiger partial charge in [-0.15, -0.1) is 11.3 Å². The number of carbonyl (C=O) groups is 2. The number of benzene rings is 1. The monoisotopic (exact) mass is 425 g/mol. The van der Waals surface area contributed by atoms with Crippen LogP contribution in [0.3, 0.4) is 0 Å². The van der Waals surface area contributed by atoms with Crippen LogP contribution in [-0.2, 0) is 21.8 Å². The Morgan fingerprint density at radius 1 is 1.08 bits per heavy atom. The zero-order chi connectivity index (χ0) is 17.2. The Hall–Kier alpha value is -1.11. The molecule has 2 aromatic rings. The summed E-state index contributed by atoms with van der Waals surface area (Å²) in [6.07, 6.45) is 0.978. The van der Waals surface area contributed by atoms with E-state index in [1.54, 1.807) is 23.1 Å². The molecule has 1 aromatic heterocycles. The van der Waals surface area contributed by atoms with Crippen molar-refractivity contribution in [1.29, 1.82) is 0 Å². The number of Topliss-reactive ketones (excluding diaryl/α,β-unsaturated/α-hetero) is 1. The number of thioether (sulfide) groups is 1. The van der Waals surface area contributed by atoms with E-state index in [4.69, 9.17) is 0 Å². The summed E-state index contributed by atoms with van der Waals surface area (Å²) in [5, 5.41) is 2.88. The van der Waals surface area contributed by atoms with Gasteiger partial charge in [0, 0.05) is 42.2 Å². The van der Waals surface area contributed by atoms with Gasteiger partial charge in [0.25, 0.3) is 0 Å². The van der Waals surface area contributed by atoms with Crippen LogP contribution >= 0.6 is 39.0 Å². The smallest absolute Gasteiger partial charge is 0.220 e. The van der Waals surface area contributed by atoms with Crippen LogP contribution in [0.1, 0.15) is 23.3 Å². The van der Waals surface area contributed by atoms with Gasteiger partial charge in [-0.2, -0.15) is 11.8 Å². The van der Waals surface area contributed by atoms with E-state index in [-0.39, 0.29) is 18.1 Å². The fourth-order valence-corrected chi connectivity index (χ4v) is 4.57. The molecule has 0 radical (unpaired) electrons. The lowest BCUT2D eigenvalue weighted by Crippen LogP contribution is -2.26. The summed E-state index contributed by atoms with van der Waals surface area (Å²) in [6.45, 7) is 0.642. The van der Waals surface area contributed by atoms with Gasteiger partial charge in [0.15, 0.2) is 0 Å². The summed E-state index contributed by atoms with van der Waals surface area (Å²) in [4.78, 5) is 24.9. The van der Waals surface area contributed by atoms with E-state index in [0.29, 0.717) is 19.4 Å². The minimum Gasteiger partial charge on any atom is -0.355 e. The molecule has 1 heterocycles. The van der Waals surface area contributed by atoms with Crippen molar-refractivity contribution in [1.82, 2.24) is 5.32 Å². The van der Waals surface area contributed by atoms with Gasteiger partial charge < -0.3 is 5.32 Å². The van der Waals surface area contributed by atoms with Crippen molar-refractivity contribution in [2.24, 2.45) is 0 Å². The fourth-order valence-electron chi connectivity index (χ4n) is 2.12. The van der Waals surface area contributed by atoms with Crippen molar-refractivity contribution < 1.29 is 9.59 Å². The fraction of sp³-hybridized carbons (Fsp3) is 0.333. The van der Waals surface area contributed by atoms with Gasteiger partial charge in [-0.25, -0.2) is 0 Å². The maximum atomic E-state index is 11.9. The van der Waals surface area contributed by atoms with Crippen molar-refractivity contribution in [2.75, 3.05) is 12.3 Å². The maximum absolute atomic E-state index is 11.9. The summed E-state index contributed by atoms with van der Waals surface area (Å²) in [6, 6.07) is 13.8. The zero-order valence-electron chi connectivity index (χ0n) is 13.3. The Balaban J connectivity index is 1.52. The molecule has 3 nitrogen and oxygen atoms in total. The molecule has 2 rings (SSSR count). The van der Waals surface area contributed by atoms with Crippen molar-refractivity contribution in [3.63, 3.8) is 0 Å². The summed E-state index contributed by atoms with van der Waals surface area (Å²) >= 11 is 6.98. The van der Waals surface area contributed by atoms with Gasteiger partial charge in [-0.1, -0.05) is 30.3 Å². The zero-order valence-corrected chi connectivity index (χ0v) is 16.5. The number of hydrogen-bond acceptors (Lipinski definition) is 4. The van der Waals surface area contributed by atoms with Crippen molar-refractivity contribution >= 4 is 50.7 Å². The molecule has 1 aromatic carbocycles. The lowest BCUT2D eigenvalue weighted by Gasteiger charge is -2.05. The molecule has 0 saturated carbocycles. The van der Waals surface area contributed by atoms with E-state index in [9.17, 15) is 9.59 Å². The molecular weight excluding hydrogens is 406 g/mol. The molecule has 0 unspecified atom stereocenters. The van der Waals surface area contributed by atoms with Crippen LogP contribution in [-0.4, -0.2) is 24.0 Å². The summed E-state index contributed by atoms with van der Waals surface area (Å²) in [5.41, 5.74) is 1.000. The summed E-state index contributed by atoms with van der Waals surface area (Å²) in [5.74, 6) is 1.89. The van der Waals surface area contributed by atoms with Gasteiger partial charge in [0.1, 0.15) is 5.78 Å². The molecule has 0 spiro atoms. The highest BCUT2D eigenvalue weighted by Gasteiger charge is 2.07. The third-order valence-corrected chi connectivity index (χ3v) is 6.13. The molecule has 1 N–H and O–H groups in total. The second-order valence-corrected chi connectivity index (χ2v) is 8.96. The summed E-state index contributed by atoms with van der Waals surface area (Å²) in [7, 11) is 0. The minimum absolute atomic E-state index is 0.0455.